The van der Waals surface area contributed by atoms with Crippen molar-refractivity contribution in [1.29, 1.82) is 0 Å². The summed E-state index contributed by atoms with van der Waals surface area (Å²) in [5.41, 5.74) is 7.02. The number of aromatic nitrogens is 4. The van der Waals surface area contributed by atoms with E-state index < -0.39 is 17.2 Å². The van der Waals surface area contributed by atoms with Gasteiger partial charge in [-0.3, -0.25) is 19.1 Å². The number of halogens is 1. The number of amides is 1. The van der Waals surface area contributed by atoms with Crippen molar-refractivity contribution in [1.82, 2.24) is 19.3 Å². The van der Waals surface area contributed by atoms with E-state index in [4.69, 9.17) is 17.3 Å². The quantitative estimate of drug-likeness (QED) is 0.470. The van der Waals surface area contributed by atoms with Gasteiger partial charge in [-0.2, -0.15) is 5.10 Å². The molecule has 168 valence electrons. The van der Waals surface area contributed by atoms with Gasteiger partial charge in [-0.25, -0.2) is 9.48 Å². The number of nitrogens with zero attached hydrogens (tertiary/aromatic N) is 4. The maximum absolute atomic E-state index is 13.3. The van der Waals surface area contributed by atoms with E-state index in [-0.39, 0.29) is 23.6 Å². The average molecular weight is 465 g/mol. The number of aromatic amines is 1. The van der Waals surface area contributed by atoms with Gasteiger partial charge >= 0.3 is 5.69 Å². The number of hydrogen-bond acceptors (Lipinski definition) is 5. The highest BCUT2D eigenvalue weighted by atomic mass is 35.5. The van der Waals surface area contributed by atoms with Gasteiger partial charge < -0.3 is 10.6 Å². The third-order valence-corrected chi connectivity index (χ3v) is 5.57. The van der Waals surface area contributed by atoms with Gasteiger partial charge in [0.1, 0.15) is 5.82 Å². The average Bonchev–Trinajstić information content (AvgIpc) is 3.18. The number of nitrogen functional groups attached to an aromatic ring is 1. The molecule has 9 nitrogen and oxygen atoms in total. The Labute approximate surface area is 193 Å². The Hall–Kier alpha value is -4.11. The van der Waals surface area contributed by atoms with Crippen molar-refractivity contribution in [2.75, 3.05) is 17.7 Å². The van der Waals surface area contributed by atoms with Crippen LogP contribution in [0.1, 0.15) is 21.6 Å². The Morgan fingerprint density at radius 2 is 1.88 bits per heavy atom. The first-order chi connectivity index (χ1) is 15.8. The Bertz CT molecular complexity index is 1460. The summed E-state index contributed by atoms with van der Waals surface area (Å²) in [5, 5.41) is 4.83. The molecule has 1 amide bonds. The number of nitrogens with two attached hydrogens (primary N) is 1. The van der Waals surface area contributed by atoms with Gasteiger partial charge in [0.2, 0.25) is 0 Å². The molecule has 2 aromatic carbocycles. The fourth-order valence-corrected chi connectivity index (χ4v) is 3.78. The van der Waals surface area contributed by atoms with Crippen molar-refractivity contribution in [3.63, 3.8) is 0 Å². The van der Waals surface area contributed by atoms with Crippen LogP contribution in [0, 0.1) is 6.92 Å². The van der Waals surface area contributed by atoms with Crippen LogP contribution in [0.25, 0.3) is 5.69 Å². The summed E-state index contributed by atoms with van der Waals surface area (Å²) < 4.78 is 2.80. The molecule has 0 atom stereocenters. The molecule has 0 aliphatic carbocycles. The maximum atomic E-state index is 13.3. The van der Waals surface area contributed by atoms with E-state index in [2.05, 4.69) is 10.1 Å². The molecule has 10 heteroatoms. The second kappa shape index (κ2) is 8.79. The number of benzene rings is 2. The monoisotopic (exact) mass is 464 g/mol. The fraction of sp³-hybridized carbons (Fsp3) is 0.130. The molecule has 0 spiro atoms. The molecule has 0 saturated heterocycles. The lowest BCUT2D eigenvalue weighted by atomic mass is 10.2. The second-order valence-electron chi connectivity index (χ2n) is 7.46. The fourth-order valence-electron chi connectivity index (χ4n) is 3.59. The predicted octanol–water partition coefficient (Wildman–Crippen LogP) is 2.59. The Kier molecular flexibility index (Phi) is 5.89. The number of anilines is 2. The standard InChI is InChI=1S/C23H21ClN6O3/c1-14-18(12-26-30(14)17-10-6-9-16(24)11-17)22(32)28(2)19-20(25)29(23(33)27-21(19)31)13-15-7-4-3-5-8-15/h3-12H,13,25H2,1-2H3,(H,27,31,33). The number of carbonyl (C=O) groups is 1. The molecule has 0 unspecified atom stereocenters. The van der Waals surface area contributed by atoms with Gasteiger partial charge in [0, 0.05) is 12.1 Å². The van der Waals surface area contributed by atoms with Crippen LogP contribution in [0.5, 0.6) is 0 Å². The minimum Gasteiger partial charge on any atom is -0.383 e. The van der Waals surface area contributed by atoms with Crippen LogP contribution in [0.3, 0.4) is 0 Å². The number of carbonyl (C=O) groups excluding carboxylic acids is 1. The molecule has 0 fully saturated rings. The third-order valence-electron chi connectivity index (χ3n) is 5.33. The second-order valence-corrected chi connectivity index (χ2v) is 7.90. The topological polar surface area (TPSA) is 119 Å². The zero-order chi connectivity index (χ0) is 23.7. The number of hydrogen-bond donors (Lipinski definition) is 2. The van der Waals surface area contributed by atoms with E-state index in [1.54, 1.807) is 29.8 Å². The summed E-state index contributed by atoms with van der Waals surface area (Å²) in [6, 6.07) is 16.2. The molecule has 2 aromatic heterocycles. The highest BCUT2D eigenvalue weighted by Crippen LogP contribution is 2.22. The van der Waals surface area contributed by atoms with Crippen molar-refractivity contribution < 1.29 is 4.79 Å². The summed E-state index contributed by atoms with van der Waals surface area (Å²) in [4.78, 5) is 41.7. The Morgan fingerprint density at radius 1 is 1.15 bits per heavy atom. The summed E-state index contributed by atoms with van der Waals surface area (Å²) in [6.07, 6.45) is 1.42. The van der Waals surface area contributed by atoms with Crippen molar-refractivity contribution in [3.8, 4) is 5.69 Å². The van der Waals surface area contributed by atoms with Gasteiger partial charge in [0.25, 0.3) is 11.5 Å². The zero-order valence-electron chi connectivity index (χ0n) is 17.9. The van der Waals surface area contributed by atoms with Gasteiger partial charge in [-0.15, -0.1) is 0 Å². The molecule has 0 radical (unpaired) electrons. The van der Waals surface area contributed by atoms with Crippen molar-refractivity contribution >= 4 is 29.0 Å². The van der Waals surface area contributed by atoms with E-state index >= 15 is 0 Å². The largest absolute Gasteiger partial charge is 0.383 e. The first-order valence-corrected chi connectivity index (χ1v) is 10.4. The van der Waals surface area contributed by atoms with E-state index in [1.807, 2.05) is 36.4 Å². The third kappa shape index (κ3) is 4.18. The van der Waals surface area contributed by atoms with Gasteiger partial charge in [-0.1, -0.05) is 48.0 Å². The van der Waals surface area contributed by atoms with Gasteiger partial charge in [0.05, 0.1) is 29.7 Å². The van der Waals surface area contributed by atoms with Crippen LogP contribution < -0.4 is 21.9 Å². The summed E-state index contributed by atoms with van der Waals surface area (Å²) in [6.45, 7) is 1.88. The molecular formula is C23H21ClN6O3. The summed E-state index contributed by atoms with van der Waals surface area (Å²) in [5.74, 6) is -0.605. The molecule has 2 heterocycles. The molecule has 0 aliphatic rings. The van der Waals surface area contributed by atoms with Crippen LogP contribution in [0.2, 0.25) is 5.02 Å². The minimum atomic E-state index is -0.752. The van der Waals surface area contributed by atoms with Crippen molar-refractivity contribution in [3.05, 3.63) is 103 Å². The lowest BCUT2D eigenvalue weighted by Crippen LogP contribution is -2.39. The van der Waals surface area contributed by atoms with Crippen LogP contribution in [-0.2, 0) is 6.54 Å². The number of nitrogens with one attached hydrogen (secondary N) is 1. The highest BCUT2D eigenvalue weighted by molar-refractivity contribution is 6.30. The van der Waals surface area contributed by atoms with Crippen LogP contribution in [0.15, 0.2) is 70.4 Å². The number of H-pyrrole nitrogens is 1. The van der Waals surface area contributed by atoms with Crippen LogP contribution in [-0.4, -0.2) is 32.3 Å². The van der Waals surface area contributed by atoms with Gasteiger partial charge in [0.15, 0.2) is 5.69 Å². The molecule has 3 N–H and O–H groups in total. The summed E-state index contributed by atoms with van der Waals surface area (Å²) in [7, 11) is 1.43. The molecule has 0 bridgehead atoms. The molecular weight excluding hydrogens is 444 g/mol. The van der Waals surface area contributed by atoms with E-state index in [1.165, 1.54) is 17.8 Å². The molecule has 4 rings (SSSR count). The Balaban J connectivity index is 1.72. The van der Waals surface area contributed by atoms with E-state index in [0.29, 0.717) is 16.4 Å². The Morgan fingerprint density at radius 3 is 2.58 bits per heavy atom. The maximum Gasteiger partial charge on any atom is 0.330 e. The lowest BCUT2D eigenvalue weighted by Gasteiger charge is -2.20. The smallest absolute Gasteiger partial charge is 0.330 e. The first kappa shape index (κ1) is 22.1. The molecule has 4 aromatic rings. The van der Waals surface area contributed by atoms with Crippen molar-refractivity contribution in [2.45, 2.75) is 13.5 Å². The zero-order valence-corrected chi connectivity index (χ0v) is 18.7. The normalized spacial score (nSPS) is 10.9. The first-order valence-electron chi connectivity index (χ1n) is 10.0. The SMILES string of the molecule is Cc1c(C(=O)N(C)c2c(N)n(Cc3ccccc3)c(=O)[nH]c2=O)cnn1-c1cccc(Cl)c1. The van der Waals surface area contributed by atoms with Crippen LogP contribution >= 0.6 is 11.6 Å². The van der Waals surface area contributed by atoms with Crippen LogP contribution in [0.4, 0.5) is 11.5 Å². The van der Waals surface area contributed by atoms with E-state index in [0.717, 1.165) is 10.5 Å². The van der Waals surface area contributed by atoms with Crippen molar-refractivity contribution in [2.24, 2.45) is 0 Å². The summed E-state index contributed by atoms with van der Waals surface area (Å²) >= 11 is 6.07. The van der Waals surface area contributed by atoms with E-state index in [9.17, 15) is 14.4 Å². The molecule has 0 saturated carbocycles. The molecule has 0 aliphatic heterocycles. The molecule has 33 heavy (non-hydrogen) atoms. The minimum absolute atomic E-state index is 0.108. The number of rotatable bonds is 5. The predicted molar refractivity (Wildman–Crippen MR) is 127 cm³/mol. The lowest BCUT2D eigenvalue weighted by molar-refractivity contribution is 0.0992. The van der Waals surface area contributed by atoms with Gasteiger partial charge in [-0.05, 0) is 30.7 Å². The highest BCUT2D eigenvalue weighted by Gasteiger charge is 2.25.